The van der Waals surface area contributed by atoms with Gasteiger partial charge in [0.25, 0.3) is 0 Å². The Balaban J connectivity index is 4.14. The molecule has 0 radical (unpaired) electrons. The molecule has 0 aromatic rings. The summed E-state index contributed by atoms with van der Waals surface area (Å²) in [5, 5.41) is 13.7. The van der Waals surface area contributed by atoms with E-state index in [0.29, 0.717) is 24.4 Å². The predicted molar refractivity (Wildman–Crippen MR) is 76.2 cm³/mol. The van der Waals surface area contributed by atoms with Crippen LogP contribution in [0, 0.1) is 11.8 Å². The molecule has 104 valence electrons. The molecule has 0 aliphatic rings. The first-order valence-electron chi connectivity index (χ1n) is 7.22. The van der Waals surface area contributed by atoms with Gasteiger partial charge in [-0.3, -0.25) is 0 Å². The van der Waals surface area contributed by atoms with E-state index in [1.807, 2.05) is 6.92 Å². The van der Waals surface area contributed by atoms with E-state index in [1.54, 1.807) is 0 Å². The summed E-state index contributed by atoms with van der Waals surface area (Å²) in [5.41, 5.74) is -0.555. The lowest BCUT2D eigenvalue weighted by molar-refractivity contribution is 0.0455. The third-order valence-corrected chi connectivity index (χ3v) is 3.07. The van der Waals surface area contributed by atoms with Crippen molar-refractivity contribution in [1.82, 2.24) is 5.32 Å². The first-order valence-corrected chi connectivity index (χ1v) is 7.22. The molecule has 1 unspecified atom stereocenters. The van der Waals surface area contributed by atoms with E-state index in [9.17, 15) is 5.11 Å². The standard InChI is InChI=1S/C15H33NO/c1-7-8-15(6,17)11-16-14(9-12(2)3)10-13(4)5/h12-14,16-17H,7-11H2,1-6H3. The summed E-state index contributed by atoms with van der Waals surface area (Å²) in [7, 11) is 0. The van der Waals surface area contributed by atoms with Crippen LogP contribution in [0.15, 0.2) is 0 Å². The van der Waals surface area contributed by atoms with E-state index in [1.165, 1.54) is 12.8 Å². The van der Waals surface area contributed by atoms with Gasteiger partial charge in [0.15, 0.2) is 0 Å². The summed E-state index contributed by atoms with van der Waals surface area (Å²) in [4.78, 5) is 0. The van der Waals surface area contributed by atoms with Crippen molar-refractivity contribution < 1.29 is 5.11 Å². The summed E-state index contributed by atoms with van der Waals surface area (Å²) in [6.45, 7) is 13.8. The van der Waals surface area contributed by atoms with Gasteiger partial charge in [0.2, 0.25) is 0 Å². The zero-order chi connectivity index (χ0) is 13.5. The van der Waals surface area contributed by atoms with E-state index >= 15 is 0 Å². The summed E-state index contributed by atoms with van der Waals surface area (Å²) in [5.74, 6) is 1.42. The topological polar surface area (TPSA) is 32.3 Å². The number of nitrogens with one attached hydrogen (secondary N) is 1. The maximum Gasteiger partial charge on any atom is 0.0743 e. The Kier molecular flexibility index (Phi) is 8.06. The number of aliphatic hydroxyl groups is 1. The minimum atomic E-state index is -0.555. The van der Waals surface area contributed by atoms with Gasteiger partial charge in [-0.1, -0.05) is 41.0 Å². The monoisotopic (exact) mass is 243 g/mol. The number of hydrogen-bond acceptors (Lipinski definition) is 2. The van der Waals surface area contributed by atoms with Crippen LogP contribution in [0.1, 0.15) is 67.2 Å². The summed E-state index contributed by atoms with van der Waals surface area (Å²) in [6, 6.07) is 0.540. The Hall–Kier alpha value is -0.0800. The van der Waals surface area contributed by atoms with Crippen molar-refractivity contribution in [3.63, 3.8) is 0 Å². The average molecular weight is 243 g/mol. The summed E-state index contributed by atoms with van der Waals surface area (Å²) in [6.07, 6.45) is 4.30. The van der Waals surface area contributed by atoms with Crippen LogP contribution in [0.3, 0.4) is 0 Å². The average Bonchev–Trinajstić information content (AvgIpc) is 2.12. The van der Waals surface area contributed by atoms with Crippen LogP contribution < -0.4 is 5.32 Å². The van der Waals surface area contributed by atoms with Gasteiger partial charge in [0.1, 0.15) is 0 Å². The highest BCUT2D eigenvalue weighted by Gasteiger charge is 2.21. The first-order chi connectivity index (χ1) is 7.76. The molecule has 0 bridgehead atoms. The van der Waals surface area contributed by atoms with Gasteiger partial charge in [0.05, 0.1) is 5.60 Å². The van der Waals surface area contributed by atoms with Crippen molar-refractivity contribution in [2.45, 2.75) is 78.9 Å². The zero-order valence-corrected chi connectivity index (χ0v) is 12.7. The minimum absolute atomic E-state index is 0.540. The molecule has 0 saturated carbocycles. The molecule has 0 aliphatic carbocycles. The fraction of sp³-hybridized carbons (Fsp3) is 1.00. The lowest BCUT2D eigenvalue weighted by Crippen LogP contribution is -2.43. The van der Waals surface area contributed by atoms with Gasteiger partial charge in [-0.05, 0) is 38.0 Å². The number of hydrogen-bond donors (Lipinski definition) is 2. The quantitative estimate of drug-likeness (QED) is 0.648. The second kappa shape index (κ2) is 8.10. The molecular formula is C15H33NO. The van der Waals surface area contributed by atoms with Gasteiger partial charge in [-0.25, -0.2) is 0 Å². The summed E-state index contributed by atoms with van der Waals surface area (Å²) < 4.78 is 0. The smallest absolute Gasteiger partial charge is 0.0743 e. The van der Waals surface area contributed by atoms with Crippen molar-refractivity contribution in [3.05, 3.63) is 0 Å². The van der Waals surface area contributed by atoms with Gasteiger partial charge in [-0.15, -0.1) is 0 Å². The maximum atomic E-state index is 10.2. The van der Waals surface area contributed by atoms with Crippen LogP contribution in [-0.4, -0.2) is 23.3 Å². The van der Waals surface area contributed by atoms with Gasteiger partial charge < -0.3 is 10.4 Å². The van der Waals surface area contributed by atoms with E-state index in [-0.39, 0.29) is 0 Å². The minimum Gasteiger partial charge on any atom is -0.389 e. The van der Waals surface area contributed by atoms with Crippen LogP contribution in [0.5, 0.6) is 0 Å². The van der Waals surface area contributed by atoms with Crippen molar-refractivity contribution in [2.24, 2.45) is 11.8 Å². The molecular weight excluding hydrogens is 210 g/mol. The maximum absolute atomic E-state index is 10.2. The van der Waals surface area contributed by atoms with Crippen LogP contribution in [0.4, 0.5) is 0 Å². The number of rotatable bonds is 9. The highest BCUT2D eigenvalue weighted by molar-refractivity contribution is 4.79. The molecule has 0 amide bonds. The lowest BCUT2D eigenvalue weighted by Gasteiger charge is -2.29. The Labute approximate surface area is 108 Å². The van der Waals surface area contributed by atoms with Crippen LogP contribution >= 0.6 is 0 Å². The first kappa shape index (κ1) is 16.9. The van der Waals surface area contributed by atoms with Crippen molar-refractivity contribution in [1.29, 1.82) is 0 Å². The van der Waals surface area contributed by atoms with Crippen molar-refractivity contribution in [2.75, 3.05) is 6.54 Å². The highest BCUT2D eigenvalue weighted by Crippen LogP contribution is 2.16. The van der Waals surface area contributed by atoms with Crippen LogP contribution in [-0.2, 0) is 0 Å². The second-order valence-electron chi connectivity index (χ2n) is 6.58. The van der Waals surface area contributed by atoms with E-state index in [4.69, 9.17) is 0 Å². The molecule has 0 aromatic heterocycles. The molecule has 0 heterocycles. The Morgan fingerprint density at radius 2 is 1.53 bits per heavy atom. The SMILES string of the molecule is CCCC(C)(O)CNC(CC(C)C)CC(C)C. The molecule has 0 aromatic carbocycles. The molecule has 2 nitrogen and oxygen atoms in total. The molecule has 0 spiro atoms. The van der Waals surface area contributed by atoms with Gasteiger partial charge in [-0.2, -0.15) is 0 Å². The molecule has 0 aliphatic heterocycles. The normalized spacial score (nSPS) is 15.9. The summed E-state index contributed by atoms with van der Waals surface area (Å²) >= 11 is 0. The van der Waals surface area contributed by atoms with Crippen molar-refractivity contribution in [3.8, 4) is 0 Å². The third-order valence-electron chi connectivity index (χ3n) is 3.07. The zero-order valence-electron chi connectivity index (χ0n) is 12.7. The van der Waals surface area contributed by atoms with Gasteiger partial charge >= 0.3 is 0 Å². The van der Waals surface area contributed by atoms with E-state index in [2.05, 4.69) is 39.9 Å². The molecule has 17 heavy (non-hydrogen) atoms. The Morgan fingerprint density at radius 1 is 1.06 bits per heavy atom. The largest absolute Gasteiger partial charge is 0.389 e. The molecule has 2 N–H and O–H groups in total. The van der Waals surface area contributed by atoms with E-state index in [0.717, 1.165) is 12.8 Å². The van der Waals surface area contributed by atoms with E-state index < -0.39 is 5.60 Å². The Morgan fingerprint density at radius 3 is 1.88 bits per heavy atom. The molecule has 0 rings (SSSR count). The fourth-order valence-electron chi connectivity index (χ4n) is 2.39. The van der Waals surface area contributed by atoms with Crippen molar-refractivity contribution >= 4 is 0 Å². The third kappa shape index (κ3) is 9.61. The molecule has 0 saturated heterocycles. The molecule has 0 fully saturated rings. The highest BCUT2D eigenvalue weighted by atomic mass is 16.3. The molecule has 1 atom stereocenters. The second-order valence-corrected chi connectivity index (χ2v) is 6.58. The van der Waals surface area contributed by atoms with Gasteiger partial charge in [0, 0.05) is 12.6 Å². The lowest BCUT2D eigenvalue weighted by atomic mass is 9.94. The van der Waals surface area contributed by atoms with Crippen LogP contribution in [0.25, 0.3) is 0 Å². The predicted octanol–water partition coefficient (Wildman–Crippen LogP) is 3.59. The Bertz CT molecular complexity index is 177. The fourth-order valence-corrected chi connectivity index (χ4v) is 2.39. The van der Waals surface area contributed by atoms with Crippen LogP contribution in [0.2, 0.25) is 0 Å². The molecule has 2 heteroatoms.